The summed E-state index contributed by atoms with van der Waals surface area (Å²) in [5.74, 6) is -3.29. The average Bonchev–Trinajstić information content (AvgIpc) is 3.41. The molecule has 1 aliphatic rings. The van der Waals surface area contributed by atoms with Gasteiger partial charge in [-0.3, -0.25) is 15.0 Å². The number of anilines is 1. The van der Waals surface area contributed by atoms with Crippen LogP contribution in [0, 0.1) is 5.82 Å². The van der Waals surface area contributed by atoms with E-state index in [9.17, 15) is 32.3 Å². The number of alkyl halides is 3. The summed E-state index contributed by atoms with van der Waals surface area (Å²) in [6, 6.07) is 17.7. The van der Waals surface area contributed by atoms with Gasteiger partial charge in [0.15, 0.2) is 5.72 Å². The van der Waals surface area contributed by atoms with Crippen molar-refractivity contribution in [3.05, 3.63) is 94.8 Å². The summed E-state index contributed by atoms with van der Waals surface area (Å²) in [5, 5.41) is 21.6. The first-order chi connectivity index (χ1) is 18.8. The topological polar surface area (TPSA) is 145 Å². The molecule has 0 aliphatic carbocycles. The number of aromatic nitrogens is 2. The summed E-state index contributed by atoms with van der Waals surface area (Å²) in [5.41, 5.74) is 1.27. The molecule has 0 spiro atoms. The van der Waals surface area contributed by atoms with Gasteiger partial charge in [-0.15, -0.1) is 0 Å². The molecule has 4 aromatic rings. The number of benzene rings is 3. The molecule has 0 radical (unpaired) electrons. The Balaban J connectivity index is 0.000000470. The maximum Gasteiger partial charge on any atom is 0.490 e. The highest BCUT2D eigenvalue weighted by Gasteiger charge is 2.49. The number of carbonyl (C=O) groups excluding carboxylic acids is 2. The van der Waals surface area contributed by atoms with Crippen LogP contribution in [0.25, 0.3) is 11.0 Å². The summed E-state index contributed by atoms with van der Waals surface area (Å²) >= 11 is 0. The Hall–Kier alpha value is -4.98. The summed E-state index contributed by atoms with van der Waals surface area (Å²) in [4.78, 5) is 42.3. The van der Waals surface area contributed by atoms with Gasteiger partial charge in [0.05, 0.1) is 18.1 Å². The minimum atomic E-state index is -5.08. The number of carbonyl (C=O) groups is 3. The molecule has 0 bridgehead atoms. The van der Waals surface area contributed by atoms with E-state index in [1.807, 2.05) is 0 Å². The molecule has 0 saturated heterocycles. The number of H-pyrrole nitrogens is 1. The maximum atomic E-state index is 13.4. The highest BCUT2D eigenvalue weighted by molar-refractivity contribution is 6.00. The average molecular weight is 560 g/mol. The van der Waals surface area contributed by atoms with Gasteiger partial charge in [0.25, 0.3) is 5.91 Å². The fraction of sp³-hybridized carbons (Fsp3) is 0.154. The smallest absolute Gasteiger partial charge is 0.475 e. The van der Waals surface area contributed by atoms with E-state index in [0.717, 1.165) is 0 Å². The number of carboxylic acids is 1. The first-order valence-electron chi connectivity index (χ1n) is 11.4. The van der Waals surface area contributed by atoms with Crippen molar-refractivity contribution in [2.75, 3.05) is 12.4 Å². The lowest BCUT2D eigenvalue weighted by Gasteiger charge is -2.35. The van der Waals surface area contributed by atoms with Gasteiger partial charge in [0.1, 0.15) is 5.82 Å². The van der Waals surface area contributed by atoms with Gasteiger partial charge in [0, 0.05) is 23.2 Å². The molecule has 1 aliphatic heterocycles. The number of imidazole rings is 1. The quantitative estimate of drug-likeness (QED) is 0.272. The number of rotatable bonds is 4. The number of aromatic amines is 1. The second-order valence-corrected chi connectivity index (χ2v) is 8.47. The van der Waals surface area contributed by atoms with Crippen LogP contribution in [-0.2, 0) is 21.8 Å². The van der Waals surface area contributed by atoms with Crippen molar-refractivity contribution in [1.82, 2.24) is 14.9 Å². The number of hydrogen-bond donors (Lipinski definition) is 4. The molecule has 0 saturated carbocycles. The Morgan fingerprint density at radius 3 is 2.38 bits per heavy atom. The molecular weight excluding hydrogens is 540 g/mol. The number of nitrogens with one attached hydrogen (secondary N) is 2. The number of fused-ring (bicyclic) bond motifs is 2. The predicted octanol–water partition coefficient (Wildman–Crippen LogP) is 4.36. The third kappa shape index (κ3) is 5.42. The number of hydrogen-bond acceptors (Lipinski definition) is 6. The van der Waals surface area contributed by atoms with E-state index in [2.05, 4.69) is 20.0 Å². The molecule has 14 heteroatoms. The van der Waals surface area contributed by atoms with E-state index in [0.29, 0.717) is 33.3 Å². The van der Waals surface area contributed by atoms with Gasteiger partial charge < -0.3 is 19.9 Å². The monoisotopic (exact) mass is 560 g/mol. The lowest BCUT2D eigenvalue weighted by molar-refractivity contribution is -0.192. The molecule has 0 fully saturated rings. The highest BCUT2D eigenvalue weighted by atomic mass is 19.4. The zero-order valence-corrected chi connectivity index (χ0v) is 20.5. The van der Waals surface area contributed by atoms with E-state index in [1.54, 1.807) is 54.6 Å². The minimum absolute atomic E-state index is 0.0699. The fourth-order valence-electron chi connectivity index (χ4n) is 4.11. The lowest BCUT2D eigenvalue weighted by atomic mass is 9.93. The number of carboxylic acid groups (broad SMARTS) is 1. The SMILES string of the molecule is COC(=O)Nc1nc2ccc(C3(O)c4ccccc4C(=O)N3Cc3ccc(F)cc3)cc2[nH]1.O=C(O)C(F)(F)F. The Kier molecular flexibility index (Phi) is 7.46. The van der Waals surface area contributed by atoms with Crippen LogP contribution in [0.4, 0.5) is 28.3 Å². The van der Waals surface area contributed by atoms with Crippen LogP contribution in [0.3, 0.4) is 0 Å². The molecule has 10 nitrogen and oxygen atoms in total. The number of aliphatic hydroxyl groups is 1. The summed E-state index contributed by atoms with van der Waals surface area (Å²) in [7, 11) is 1.25. The molecule has 208 valence electrons. The van der Waals surface area contributed by atoms with Crippen LogP contribution >= 0.6 is 0 Å². The summed E-state index contributed by atoms with van der Waals surface area (Å²) in [6.07, 6.45) is -5.76. The number of aliphatic carboxylic acids is 1. The second-order valence-electron chi connectivity index (χ2n) is 8.47. The molecule has 3 aromatic carbocycles. The van der Waals surface area contributed by atoms with Crippen LogP contribution in [0.1, 0.15) is 27.0 Å². The zero-order valence-electron chi connectivity index (χ0n) is 20.5. The number of nitrogens with zero attached hydrogens (tertiary/aromatic N) is 2. The van der Waals surface area contributed by atoms with Crippen molar-refractivity contribution in [2.45, 2.75) is 18.4 Å². The van der Waals surface area contributed by atoms with Crippen molar-refractivity contribution in [2.24, 2.45) is 0 Å². The number of amides is 2. The Bertz CT molecular complexity index is 1590. The lowest BCUT2D eigenvalue weighted by Crippen LogP contribution is -2.44. The van der Waals surface area contributed by atoms with E-state index in [-0.39, 0.29) is 24.2 Å². The Morgan fingerprint density at radius 1 is 1.10 bits per heavy atom. The normalized spacial score (nSPS) is 16.2. The molecule has 4 N–H and O–H groups in total. The molecule has 5 rings (SSSR count). The molecule has 2 amide bonds. The third-order valence-electron chi connectivity index (χ3n) is 5.96. The Morgan fingerprint density at radius 2 is 1.75 bits per heavy atom. The van der Waals surface area contributed by atoms with E-state index >= 15 is 0 Å². The maximum absolute atomic E-state index is 13.4. The van der Waals surface area contributed by atoms with Gasteiger partial charge in [-0.25, -0.2) is 19.0 Å². The molecule has 1 unspecified atom stereocenters. The van der Waals surface area contributed by atoms with Crippen LogP contribution in [0.2, 0.25) is 0 Å². The van der Waals surface area contributed by atoms with Gasteiger partial charge >= 0.3 is 18.2 Å². The fourth-order valence-corrected chi connectivity index (χ4v) is 4.11. The van der Waals surface area contributed by atoms with Crippen molar-refractivity contribution in [1.29, 1.82) is 0 Å². The number of ether oxygens (including phenoxy) is 1. The first-order valence-corrected chi connectivity index (χ1v) is 11.4. The second kappa shape index (κ2) is 10.6. The van der Waals surface area contributed by atoms with Crippen LogP contribution < -0.4 is 5.32 Å². The van der Waals surface area contributed by atoms with Crippen LogP contribution in [0.5, 0.6) is 0 Å². The van der Waals surface area contributed by atoms with E-state index in [1.165, 1.54) is 24.1 Å². The van der Waals surface area contributed by atoms with Crippen molar-refractivity contribution < 1.29 is 46.9 Å². The number of halogens is 4. The molecular formula is C26H20F4N4O6. The first kappa shape index (κ1) is 28.0. The summed E-state index contributed by atoms with van der Waals surface area (Å²) < 4.78 is 49.7. The van der Waals surface area contributed by atoms with Gasteiger partial charge in [-0.2, -0.15) is 13.2 Å². The molecule has 2 heterocycles. The third-order valence-corrected chi connectivity index (χ3v) is 5.96. The zero-order chi connectivity index (χ0) is 29.2. The largest absolute Gasteiger partial charge is 0.490 e. The molecule has 1 atom stereocenters. The van der Waals surface area contributed by atoms with E-state index in [4.69, 9.17) is 9.90 Å². The van der Waals surface area contributed by atoms with Crippen LogP contribution in [0.15, 0.2) is 66.7 Å². The van der Waals surface area contributed by atoms with Gasteiger partial charge in [-0.05, 0) is 35.9 Å². The van der Waals surface area contributed by atoms with Crippen LogP contribution in [-0.4, -0.2) is 56.3 Å². The minimum Gasteiger partial charge on any atom is -0.475 e. The predicted molar refractivity (Wildman–Crippen MR) is 132 cm³/mol. The van der Waals surface area contributed by atoms with Gasteiger partial charge in [-0.1, -0.05) is 36.4 Å². The highest BCUT2D eigenvalue weighted by Crippen LogP contribution is 2.43. The van der Waals surface area contributed by atoms with Crippen molar-refractivity contribution in [3.63, 3.8) is 0 Å². The summed E-state index contributed by atoms with van der Waals surface area (Å²) in [6.45, 7) is 0.0699. The Labute approximate surface area is 222 Å². The van der Waals surface area contributed by atoms with Crippen molar-refractivity contribution >= 4 is 35.0 Å². The molecule has 1 aromatic heterocycles. The van der Waals surface area contributed by atoms with Crippen molar-refractivity contribution in [3.8, 4) is 0 Å². The molecule has 40 heavy (non-hydrogen) atoms. The standard InChI is InChI=1S/C24H19FN4O4.C2HF3O2/c1-33-23(31)28-22-26-19-11-8-15(12-20(19)27-22)24(32)18-5-3-2-4-17(18)21(30)29(24)13-14-6-9-16(25)10-7-14;3-2(4,5)1(6)7/h2-12,32H,13H2,1H3,(H2,26,27,28,31);(H,6,7). The number of methoxy groups -OCH3 is 1. The van der Waals surface area contributed by atoms with E-state index < -0.39 is 24.0 Å². The van der Waals surface area contributed by atoms with Gasteiger partial charge in [0.2, 0.25) is 5.95 Å².